The first-order valence-electron chi connectivity index (χ1n) is 9.28. The Bertz CT molecular complexity index is 963. The molecule has 0 saturated heterocycles. The van der Waals surface area contributed by atoms with E-state index in [1.165, 1.54) is 18.9 Å². The maximum Gasteiger partial charge on any atom is 0.436 e. The fraction of sp³-hybridized carbons (Fsp3) is 0.238. The fourth-order valence-corrected chi connectivity index (χ4v) is 3.08. The number of rotatable bonds is 5. The monoisotopic (exact) mass is 444 g/mol. The Balaban J connectivity index is 2.38. The van der Waals surface area contributed by atoms with E-state index in [9.17, 15) is 14.4 Å². The number of methoxy groups -OCH3 is 2. The van der Waals surface area contributed by atoms with Gasteiger partial charge in [0.25, 0.3) is 0 Å². The third-order valence-corrected chi connectivity index (χ3v) is 4.79. The first-order valence-corrected chi connectivity index (χ1v) is 10.1. The molecule has 2 aromatic carbocycles. The molecule has 31 heavy (non-hydrogen) atoms. The van der Waals surface area contributed by atoms with Crippen molar-refractivity contribution < 1.29 is 23.9 Å². The van der Waals surface area contributed by atoms with Gasteiger partial charge in [-0.25, -0.2) is 9.59 Å². The highest BCUT2D eigenvalue weighted by molar-refractivity contribution is 7.99. The largest absolute Gasteiger partial charge is 0.453 e. The number of nitrogens with one attached hydrogen (secondary N) is 3. The third-order valence-electron chi connectivity index (χ3n) is 3.79. The van der Waals surface area contributed by atoms with Crippen molar-refractivity contribution in [1.29, 1.82) is 0 Å². The van der Waals surface area contributed by atoms with Gasteiger partial charge < -0.3 is 20.1 Å². The van der Waals surface area contributed by atoms with Gasteiger partial charge in [0.2, 0.25) is 11.9 Å². The Hall–Kier alpha value is -3.53. The molecule has 10 heteroatoms. The van der Waals surface area contributed by atoms with Crippen LogP contribution in [0.1, 0.15) is 13.8 Å². The summed E-state index contributed by atoms with van der Waals surface area (Å²) >= 11 is 1.52. The number of benzene rings is 2. The summed E-state index contributed by atoms with van der Waals surface area (Å²) in [6.45, 7) is 3.54. The number of anilines is 2. The number of guanidine groups is 1. The topological polar surface area (TPSA) is 118 Å². The lowest BCUT2D eigenvalue weighted by Gasteiger charge is -2.17. The van der Waals surface area contributed by atoms with Crippen molar-refractivity contribution >= 4 is 47.2 Å². The van der Waals surface area contributed by atoms with Crippen LogP contribution in [0.3, 0.4) is 0 Å². The van der Waals surface area contributed by atoms with E-state index >= 15 is 0 Å². The molecule has 0 atom stereocenters. The molecule has 0 aliphatic rings. The number of nitrogens with zero attached hydrogens (tertiary/aromatic N) is 1. The van der Waals surface area contributed by atoms with Crippen LogP contribution in [0.5, 0.6) is 0 Å². The summed E-state index contributed by atoms with van der Waals surface area (Å²) in [5.41, 5.74) is 0.856. The van der Waals surface area contributed by atoms with Crippen LogP contribution < -0.4 is 16.0 Å². The van der Waals surface area contributed by atoms with E-state index in [4.69, 9.17) is 0 Å². The molecule has 0 aliphatic carbocycles. The molecule has 2 aromatic rings. The van der Waals surface area contributed by atoms with E-state index in [2.05, 4.69) is 30.4 Å². The van der Waals surface area contributed by atoms with Gasteiger partial charge in [0.05, 0.1) is 25.6 Å². The van der Waals surface area contributed by atoms with E-state index in [1.54, 1.807) is 26.0 Å². The Labute approximate surface area is 184 Å². The minimum absolute atomic E-state index is 0.197. The van der Waals surface area contributed by atoms with Gasteiger partial charge in [-0.1, -0.05) is 43.8 Å². The molecule has 0 spiro atoms. The number of carbonyl (C=O) groups excluding carboxylic acids is 3. The Morgan fingerprint density at radius 3 is 2.23 bits per heavy atom. The Morgan fingerprint density at radius 2 is 1.61 bits per heavy atom. The molecule has 0 radical (unpaired) electrons. The second-order valence-electron chi connectivity index (χ2n) is 6.44. The average Bonchev–Trinajstić information content (AvgIpc) is 2.75. The lowest BCUT2D eigenvalue weighted by atomic mass is 10.2. The number of ether oxygens (including phenoxy) is 2. The van der Waals surface area contributed by atoms with Crippen molar-refractivity contribution in [2.75, 3.05) is 24.9 Å². The highest BCUT2D eigenvalue weighted by atomic mass is 32.2. The van der Waals surface area contributed by atoms with Crippen molar-refractivity contribution in [2.24, 2.45) is 10.9 Å². The lowest BCUT2D eigenvalue weighted by molar-refractivity contribution is -0.118. The minimum Gasteiger partial charge on any atom is -0.453 e. The van der Waals surface area contributed by atoms with E-state index in [1.807, 2.05) is 36.4 Å². The fourth-order valence-electron chi connectivity index (χ4n) is 2.20. The van der Waals surface area contributed by atoms with Crippen LogP contribution in [0.15, 0.2) is 63.3 Å². The summed E-state index contributed by atoms with van der Waals surface area (Å²) in [4.78, 5) is 41.1. The SMILES string of the molecule is COC(=O)N=C(NC(=O)OC)Nc1ccc(Sc2ccccc2)cc1NC(=O)C(C)C. The summed E-state index contributed by atoms with van der Waals surface area (Å²) in [6.07, 6.45) is -1.76. The molecular weight excluding hydrogens is 420 g/mol. The maximum absolute atomic E-state index is 12.3. The zero-order chi connectivity index (χ0) is 22.8. The number of alkyl carbamates (subject to hydrolysis) is 1. The molecule has 9 nitrogen and oxygen atoms in total. The van der Waals surface area contributed by atoms with Crippen molar-refractivity contribution in [1.82, 2.24) is 5.32 Å². The van der Waals surface area contributed by atoms with E-state index in [0.29, 0.717) is 11.4 Å². The third kappa shape index (κ3) is 7.67. The summed E-state index contributed by atoms with van der Waals surface area (Å²) in [5.74, 6) is -0.672. The summed E-state index contributed by atoms with van der Waals surface area (Å²) < 4.78 is 9.06. The van der Waals surface area contributed by atoms with Crippen molar-refractivity contribution in [3.05, 3.63) is 48.5 Å². The van der Waals surface area contributed by atoms with Crippen molar-refractivity contribution in [3.8, 4) is 0 Å². The summed E-state index contributed by atoms with van der Waals surface area (Å²) in [6, 6.07) is 15.1. The Morgan fingerprint density at radius 1 is 0.903 bits per heavy atom. The van der Waals surface area contributed by atoms with Crippen molar-refractivity contribution in [3.63, 3.8) is 0 Å². The van der Waals surface area contributed by atoms with E-state index in [-0.39, 0.29) is 17.8 Å². The first-order chi connectivity index (χ1) is 14.8. The van der Waals surface area contributed by atoms with Crippen LogP contribution in [0.2, 0.25) is 0 Å². The number of hydrogen-bond acceptors (Lipinski definition) is 6. The predicted molar refractivity (Wildman–Crippen MR) is 119 cm³/mol. The number of amides is 3. The van der Waals surface area contributed by atoms with Gasteiger partial charge in [0.15, 0.2) is 0 Å². The average molecular weight is 445 g/mol. The molecule has 0 heterocycles. The smallest absolute Gasteiger partial charge is 0.436 e. The van der Waals surface area contributed by atoms with Gasteiger partial charge in [0, 0.05) is 15.7 Å². The second-order valence-corrected chi connectivity index (χ2v) is 7.59. The van der Waals surface area contributed by atoms with E-state index in [0.717, 1.165) is 16.9 Å². The number of hydrogen-bond donors (Lipinski definition) is 3. The van der Waals surface area contributed by atoms with Gasteiger partial charge >= 0.3 is 12.2 Å². The molecule has 2 rings (SSSR count). The molecule has 3 amide bonds. The predicted octanol–water partition coefficient (Wildman–Crippen LogP) is 4.32. The van der Waals surface area contributed by atoms with Gasteiger partial charge in [0.1, 0.15) is 0 Å². The first kappa shape index (κ1) is 23.7. The van der Waals surface area contributed by atoms with Crippen LogP contribution in [-0.2, 0) is 14.3 Å². The van der Waals surface area contributed by atoms with Crippen LogP contribution in [-0.4, -0.2) is 38.3 Å². The lowest BCUT2D eigenvalue weighted by Crippen LogP contribution is -2.36. The molecule has 164 valence electrons. The van der Waals surface area contributed by atoms with Crippen LogP contribution >= 0.6 is 11.8 Å². The van der Waals surface area contributed by atoms with Gasteiger partial charge in [-0.15, -0.1) is 4.99 Å². The molecule has 0 bridgehead atoms. The van der Waals surface area contributed by atoms with Crippen LogP contribution in [0.4, 0.5) is 21.0 Å². The molecule has 0 saturated carbocycles. The number of carbonyl (C=O) groups is 3. The minimum atomic E-state index is -0.928. The molecule has 0 aliphatic heterocycles. The molecule has 0 aromatic heterocycles. The second kappa shape index (κ2) is 11.6. The molecular formula is C21H24N4O5S. The zero-order valence-corrected chi connectivity index (χ0v) is 18.4. The maximum atomic E-state index is 12.3. The Kier molecular flexibility index (Phi) is 8.89. The van der Waals surface area contributed by atoms with Crippen molar-refractivity contribution in [2.45, 2.75) is 23.6 Å². The normalized spacial score (nSPS) is 10.9. The van der Waals surface area contributed by atoms with Crippen LogP contribution in [0.25, 0.3) is 0 Å². The summed E-state index contributed by atoms with van der Waals surface area (Å²) in [5, 5.41) is 7.97. The molecule has 0 fully saturated rings. The van der Waals surface area contributed by atoms with Crippen LogP contribution in [0, 0.1) is 5.92 Å². The van der Waals surface area contributed by atoms with Gasteiger partial charge in [-0.3, -0.25) is 10.1 Å². The van der Waals surface area contributed by atoms with Gasteiger partial charge in [-0.2, -0.15) is 0 Å². The standard InChI is InChI=1S/C21H24N4O5S/c1-13(2)18(26)22-17-12-15(31-14-8-6-5-7-9-14)10-11-16(17)23-19(24-20(27)29-3)25-21(28)30-4/h5-13H,1-4H3,(H,22,26)(H2,23,24,25,27,28). The summed E-state index contributed by atoms with van der Waals surface area (Å²) in [7, 11) is 2.33. The highest BCUT2D eigenvalue weighted by Gasteiger charge is 2.15. The van der Waals surface area contributed by atoms with Gasteiger partial charge in [-0.05, 0) is 30.3 Å². The highest BCUT2D eigenvalue weighted by Crippen LogP contribution is 2.33. The molecule has 0 unspecified atom stereocenters. The molecule has 3 N–H and O–H groups in total. The quantitative estimate of drug-likeness (QED) is 0.464. The zero-order valence-electron chi connectivity index (χ0n) is 17.6. The van der Waals surface area contributed by atoms with E-state index < -0.39 is 12.2 Å². The number of aliphatic imine (C=N–C) groups is 1.